The van der Waals surface area contributed by atoms with E-state index >= 15 is 0 Å². The molecule has 6 heteroatoms. The maximum atomic E-state index is 12.0. The van der Waals surface area contributed by atoms with Crippen molar-refractivity contribution in [2.75, 3.05) is 0 Å². The Balaban J connectivity index is 3.08. The predicted molar refractivity (Wildman–Crippen MR) is 69.6 cm³/mol. The van der Waals surface area contributed by atoms with E-state index in [0.29, 0.717) is 0 Å². The van der Waals surface area contributed by atoms with Crippen LogP contribution in [0.5, 0.6) is 0 Å². The summed E-state index contributed by atoms with van der Waals surface area (Å²) in [5.74, 6) is -0.170. The van der Waals surface area contributed by atoms with Gasteiger partial charge in [-0.05, 0) is 25.0 Å². The van der Waals surface area contributed by atoms with Crippen LogP contribution in [0.2, 0.25) is 0 Å². The molecule has 5 nitrogen and oxygen atoms in total. The van der Waals surface area contributed by atoms with E-state index in [0.717, 1.165) is 0 Å². The summed E-state index contributed by atoms with van der Waals surface area (Å²) < 4.78 is 22.8. The van der Waals surface area contributed by atoms with E-state index in [1.54, 1.807) is 6.07 Å². The van der Waals surface area contributed by atoms with E-state index in [-0.39, 0.29) is 22.4 Å². The molecule has 0 aliphatic rings. The Morgan fingerprint density at radius 2 is 1.78 bits per heavy atom. The fourth-order valence-electron chi connectivity index (χ4n) is 1.35. The quantitative estimate of drug-likeness (QED) is 0.858. The Labute approximate surface area is 107 Å². The van der Waals surface area contributed by atoms with E-state index in [9.17, 15) is 13.2 Å². The highest BCUT2D eigenvalue weighted by atomic mass is 32.2. The zero-order valence-corrected chi connectivity index (χ0v) is 11.5. The molecule has 0 saturated carbocycles. The number of nitrogens with one attached hydrogen (secondary N) is 1. The maximum absolute atomic E-state index is 12.0. The second-order valence-electron chi connectivity index (χ2n) is 4.55. The third kappa shape index (κ3) is 3.54. The molecule has 0 aliphatic heterocycles. The zero-order valence-electron chi connectivity index (χ0n) is 10.7. The minimum atomic E-state index is -3.90. The summed E-state index contributed by atoms with van der Waals surface area (Å²) in [4.78, 5) is 11.8. The van der Waals surface area contributed by atoms with Crippen molar-refractivity contribution >= 4 is 15.9 Å². The van der Waals surface area contributed by atoms with E-state index in [1.165, 1.54) is 18.2 Å². The standard InChI is InChI=1S/C12H18N2O3S/c1-8(2)9(3)14-12(15)10-6-4-5-7-11(10)18(13,16)17/h4-9H,1-3H3,(H,14,15)(H2,13,16,17). The highest BCUT2D eigenvalue weighted by molar-refractivity contribution is 7.89. The first-order chi connectivity index (χ1) is 8.23. The molecule has 3 N–H and O–H groups in total. The molecule has 0 aromatic heterocycles. The Hall–Kier alpha value is -1.40. The van der Waals surface area contributed by atoms with Crippen LogP contribution in [0, 0.1) is 5.92 Å². The summed E-state index contributed by atoms with van der Waals surface area (Å²) >= 11 is 0. The molecule has 0 spiro atoms. The molecule has 100 valence electrons. The minimum Gasteiger partial charge on any atom is -0.349 e. The largest absolute Gasteiger partial charge is 0.349 e. The van der Waals surface area contributed by atoms with Gasteiger partial charge in [0, 0.05) is 6.04 Å². The number of hydrogen-bond donors (Lipinski definition) is 2. The van der Waals surface area contributed by atoms with Gasteiger partial charge in [0.05, 0.1) is 10.5 Å². The van der Waals surface area contributed by atoms with Gasteiger partial charge in [-0.2, -0.15) is 0 Å². The van der Waals surface area contributed by atoms with Gasteiger partial charge in [0.25, 0.3) is 5.91 Å². The van der Waals surface area contributed by atoms with Crippen molar-refractivity contribution in [3.05, 3.63) is 29.8 Å². The lowest BCUT2D eigenvalue weighted by Crippen LogP contribution is -2.37. The summed E-state index contributed by atoms with van der Waals surface area (Å²) in [6.07, 6.45) is 0. The molecule has 1 atom stereocenters. The topological polar surface area (TPSA) is 89.3 Å². The van der Waals surface area contributed by atoms with Gasteiger partial charge in [-0.1, -0.05) is 26.0 Å². The lowest BCUT2D eigenvalue weighted by Gasteiger charge is -2.18. The molecular formula is C12H18N2O3S. The van der Waals surface area contributed by atoms with E-state index < -0.39 is 15.9 Å². The summed E-state index contributed by atoms with van der Waals surface area (Å²) in [7, 11) is -3.90. The van der Waals surface area contributed by atoms with E-state index in [1.807, 2.05) is 20.8 Å². The number of sulfonamides is 1. The van der Waals surface area contributed by atoms with Gasteiger partial charge in [0.15, 0.2) is 0 Å². The normalized spacial score (nSPS) is 13.4. The van der Waals surface area contributed by atoms with Crippen LogP contribution in [0.4, 0.5) is 0 Å². The van der Waals surface area contributed by atoms with Crippen molar-refractivity contribution in [3.63, 3.8) is 0 Å². The third-order valence-corrected chi connectivity index (χ3v) is 3.77. The first-order valence-electron chi connectivity index (χ1n) is 5.66. The molecular weight excluding hydrogens is 252 g/mol. The Morgan fingerprint density at radius 3 is 2.28 bits per heavy atom. The van der Waals surface area contributed by atoms with Gasteiger partial charge in [0.2, 0.25) is 10.0 Å². The number of amides is 1. The monoisotopic (exact) mass is 270 g/mol. The molecule has 0 saturated heterocycles. The van der Waals surface area contributed by atoms with Crippen LogP contribution in [0.25, 0.3) is 0 Å². The van der Waals surface area contributed by atoms with Crippen LogP contribution in [0.1, 0.15) is 31.1 Å². The minimum absolute atomic E-state index is 0.0500. The van der Waals surface area contributed by atoms with Gasteiger partial charge in [-0.3, -0.25) is 4.79 Å². The molecule has 1 aromatic carbocycles. The van der Waals surface area contributed by atoms with Crippen LogP contribution in [0.15, 0.2) is 29.2 Å². The average Bonchev–Trinajstić information content (AvgIpc) is 2.27. The van der Waals surface area contributed by atoms with Crippen LogP contribution in [-0.2, 0) is 10.0 Å². The van der Waals surface area contributed by atoms with Crippen LogP contribution < -0.4 is 10.5 Å². The van der Waals surface area contributed by atoms with Gasteiger partial charge < -0.3 is 5.32 Å². The summed E-state index contributed by atoms with van der Waals surface area (Å²) in [5.41, 5.74) is 0.0764. The smallest absolute Gasteiger partial charge is 0.252 e. The lowest BCUT2D eigenvalue weighted by molar-refractivity contribution is 0.0927. The molecule has 0 bridgehead atoms. The fraction of sp³-hybridized carbons (Fsp3) is 0.417. The van der Waals surface area contributed by atoms with Crippen molar-refractivity contribution in [1.82, 2.24) is 5.32 Å². The Bertz CT molecular complexity index is 538. The highest BCUT2D eigenvalue weighted by Gasteiger charge is 2.20. The summed E-state index contributed by atoms with van der Waals surface area (Å²) in [6, 6.07) is 5.85. The van der Waals surface area contributed by atoms with Gasteiger partial charge in [-0.15, -0.1) is 0 Å². The van der Waals surface area contributed by atoms with E-state index in [4.69, 9.17) is 5.14 Å². The fourth-order valence-corrected chi connectivity index (χ4v) is 2.09. The predicted octanol–water partition coefficient (Wildman–Crippen LogP) is 1.11. The third-order valence-electron chi connectivity index (χ3n) is 2.80. The van der Waals surface area contributed by atoms with Crippen molar-refractivity contribution in [3.8, 4) is 0 Å². The molecule has 1 aromatic rings. The average molecular weight is 270 g/mol. The van der Waals surface area contributed by atoms with Gasteiger partial charge in [-0.25, -0.2) is 13.6 Å². The second kappa shape index (κ2) is 5.49. The zero-order chi connectivity index (χ0) is 13.9. The SMILES string of the molecule is CC(C)C(C)NC(=O)c1ccccc1S(N)(=O)=O. The van der Waals surface area contributed by atoms with Gasteiger partial charge >= 0.3 is 0 Å². The number of carbonyl (C=O) groups excluding carboxylic acids is 1. The van der Waals surface area contributed by atoms with E-state index in [2.05, 4.69) is 5.32 Å². The number of nitrogens with two attached hydrogens (primary N) is 1. The number of hydrogen-bond acceptors (Lipinski definition) is 3. The molecule has 0 heterocycles. The molecule has 0 aliphatic carbocycles. The molecule has 1 unspecified atom stereocenters. The van der Waals surface area contributed by atoms with Crippen molar-refractivity contribution < 1.29 is 13.2 Å². The first-order valence-corrected chi connectivity index (χ1v) is 7.21. The van der Waals surface area contributed by atoms with Crippen molar-refractivity contribution in [2.24, 2.45) is 11.1 Å². The number of rotatable bonds is 4. The van der Waals surface area contributed by atoms with Gasteiger partial charge in [0.1, 0.15) is 0 Å². The number of benzene rings is 1. The lowest BCUT2D eigenvalue weighted by atomic mass is 10.1. The molecule has 0 fully saturated rings. The van der Waals surface area contributed by atoms with Crippen molar-refractivity contribution in [2.45, 2.75) is 31.7 Å². The number of primary sulfonamides is 1. The number of carbonyl (C=O) groups is 1. The van der Waals surface area contributed by atoms with Crippen LogP contribution in [-0.4, -0.2) is 20.4 Å². The Morgan fingerprint density at radius 1 is 1.22 bits per heavy atom. The summed E-state index contributed by atoms with van der Waals surface area (Å²) in [5, 5.41) is 7.83. The van der Waals surface area contributed by atoms with Crippen molar-refractivity contribution in [1.29, 1.82) is 0 Å². The molecule has 1 rings (SSSR count). The van der Waals surface area contributed by atoms with Crippen LogP contribution >= 0.6 is 0 Å². The molecule has 1 amide bonds. The molecule has 0 radical (unpaired) electrons. The second-order valence-corrected chi connectivity index (χ2v) is 6.08. The summed E-state index contributed by atoms with van der Waals surface area (Å²) in [6.45, 7) is 5.80. The van der Waals surface area contributed by atoms with Crippen LogP contribution in [0.3, 0.4) is 0 Å². The Kier molecular flexibility index (Phi) is 4.48. The maximum Gasteiger partial charge on any atom is 0.252 e. The highest BCUT2D eigenvalue weighted by Crippen LogP contribution is 2.14. The first kappa shape index (κ1) is 14.7. The molecule has 18 heavy (non-hydrogen) atoms.